The van der Waals surface area contributed by atoms with Gasteiger partial charge in [-0.3, -0.25) is 9.36 Å². The molecule has 0 fully saturated rings. The summed E-state index contributed by atoms with van der Waals surface area (Å²) in [7, 11) is -4.88. The van der Waals surface area contributed by atoms with Crippen molar-refractivity contribution in [1.82, 2.24) is 0 Å². The summed E-state index contributed by atoms with van der Waals surface area (Å²) >= 11 is 0. The molecule has 0 radical (unpaired) electrons. The summed E-state index contributed by atoms with van der Waals surface area (Å²) in [5.41, 5.74) is 0.208. The molecule has 2 aromatic carbocycles. The highest BCUT2D eigenvalue weighted by Crippen LogP contribution is 2.40. The minimum absolute atomic E-state index is 0.0734. The molecule has 0 amide bonds. The Morgan fingerprint density at radius 3 is 2.25 bits per heavy atom. The number of aliphatic hydroxyl groups excluding tert-OH is 1. The van der Waals surface area contributed by atoms with E-state index in [1.54, 1.807) is 0 Å². The highest BCUT2D eigenvalue weighted by atomic mass is 31.2. The normalized spacial score (nSPS) is 11.4. The third-order valence-electron chi connectivity index (χ3n) is 5.01. The molecule has 0 heterocycles. The summed E-state index contributed by atoms with van der Waals surface area (Å²) in [6.45, 7) is 2.78. The Morgan fingerprint density at radius 1 is 0.906 bits per heavy atom. The van der Waals surface area contributed by atoms with E-state index >= 15 is 0 Å². The van der Waals surface area contributed by atoms with Crippen LogP contribution in [0.1, 0.15) is 66.9 Å². The van der Waals surface area contributed by atoms with Crippen LogP contribution in [-0.2, 0) is 11.0 Å². The van der Waals surface area contributed by atoms with E-state index in [-0.39, 0.29) is 18.8 Å². The fraction of sp³-hybridized carbons (Fsp3) is 0.458. The number of aliphatic hydroxyl groups is 1. The van der Waals surface area contributed by atoms with Crippen molar-refractivity contribution in [3.05, 3.63) is 59.2 Å². The fourth-order valence-corrected chi connectivity index (χ4v) is 3.79. The van der Waals surface area contributed by atoms with E-state index < -0.39 is 13.1 Å². The monoisotopic (exact) mass is 464 g/mol. The number of hydrogen-bond acceptors (Lipinski definition) is 5. The standard InChI is InChI=1S/C24H33O7P/c1-2-3-4-5-6-7-15-30-22-11-8-19(9-12-22)17-21-18-20(24(26)32(27,28)29)10-13-23(21)31-16-14-25/h8-13,18,25H,2-7,14-17H2,1H3,(H2,27,28,29). The minimum Gasteiger partial charge on any atom is -0.494 e. The molecule has 176 valence electrons. The van der Waals surface area contributed by atoms with Crippen LogP contribution in [0.2, 0.25) is 0 Å². The molecule has 0 aromatic heterocycles. The van der Waals surface area contributed by atoms with Crippen LogP contribution in [0.25, 0.3) is 0 Å². The van der Waals surface area contributed by atoms with E-state index in [0.717, 1.165) is 17.7 Å². The number of carbonyl (C=O) groups is 1. The Balaban J connectivity index is 2.01. The Morgan fingerprint density at radius 2 is 1.59 bits per heavy atom. The van der Waals surface area contributed by atoms with Gasteiger partial charge in [-0.1, -0.05) is 51.2 Å². The second-order valence-electron chi connectivity index (χ2n) is 7.68. The van der Waals surface area contributed by atoms with E-state index in [4.69, 9.17) is 14.6 Å². The summed E-state index contributed by atoms with van der Waals surface area (Å²) in [4.78, 5) is 30.4. The van der Waals surface area contributed by atoms with Crippen molar-refractivity contribution in [2.45, 2.75) is 51.9 Å². The smallest absolute Gasteiger partial charge is 0.396 e. The third-order valence-corrected chi connectivity index (χ3v) is 5.79. The van der Waals surface area contributed by atoms with Crippen LogP contribution in [0, 0.1) is 0 Å². The predicted molar refractivity (Wildman–Crippen MR) is 124 cm³/mol. The quantitative estimate of drug-likeness (QED) is 0.258. The molecule has 0 saturated heterocycles. The summed E-state index contributed by atoms with van der Waals surface area (Å²) in [6.07, 6.45) is 7.61. The van der Waals surface area contributed by atoms with Crippen molar-refractivity contribution >= 4 is 13.1 Å². The lowest BCUT2D eigenvalue weighted by Crippen LogP contribution is -2.06. The van der Waals surface area contributed by atoms with Gasteiger partial charge in [0, 0.05) is 12.0 Å². The number of benzene rings is 2. The van der Waals surface area contributed by atoms with Gasteiger partial charge in [0.1, 0.15) is 18.1 Å². The summed E-state index contributed by atoms with van der Waals surface area (Å²) in [5.74, 6) is 1.23. The van der Waals surface area contributed by atoms with Gasteiger partial charge in [0.15, 0.2) is 0 Å². The molecule has 0 bridgehead atoms. The summed E-state index contributed by atoms with van der Waals surface area (Å²) < 4.78 is 22.7. The first-order valence-electron chi connectivity index (χ1n) is 11.0. The van der Waals surface area contributed by atoms with Crippen LogP contribution in [0.4, 0.5) is 0 Å². The zero-order chi connectivity index (χ0) is 23.4. The second kappa shape index (κ2) is 13.4. The van der Waals surface area contributed by atoms with E-state index in [0.29, 0.717) is 24.3 Å². The molecule has 0 unspecified atom stereocenters. The number of ether oxygens (including phenoxy) is 2. The molecular formula is C24H33O7P. The van der Waals surface area contributed by atoms with E-state index in [9.17, 15) is 19.1 Å². The Hall–Kier alpha value is -2.18. The van der Waals surface area contributed by atoms with Crippen molar-refractivity contribution in [1.29, 1.82) is 0 Å². The maximum atomic E-state index is 12.0. The molecule has 8 heteroatoms. The zero-order valence-corrected chi connectivity index (χ0v) is 19.4. The van der Waals surface area contributed by atoms with Gasteiger partial charge in [-0.2, -0.15) is 0 Å². The number of rotatable bonds is 15. The van der Waals surface area contributed by atoms with Crippen LogP contribution in [0.3, 0.4) is 0 Å². The van der Waals surface area contributed by atoms with Crippen molar-refractivity contribution in [3.63, 3.8) is 0 Å². The minimum atomic E-state index is -4.88. The average molecular weight is 464 g/mol. The first-order valence-corrected chi connectivity index (χ1v) is 12.6. The van der Waals surface area contributed by atoms with Crippen molar-refractivity contribution < 1.29 is 33.7 Å². The highest BCUT2D eigenvalue weighted by molar-refractivity contribution is 7.70. The lowest BCUT2D eigenvalue weighted by molar-refractivity contribution is 0.104. The molecule has 2 aromatic rings. The van der Waals surface area contributed by atoms with Gasteiger partial charge in [0.2, 0.25) is 0 Å². The van der Waals surface area contributed by atoms with Crippen molar-refractivity contribution in [2.24, 2.45) is 0 Å². The molecule has 0 saturated carbocycles. The number of carbonyl (C=O) groups excluding carboxylic acids is 1. The maximum absolute atomic E-state index is 12.0. The van der Waals surface area contributed by atoms with Gasteiger partial charge in [0.25, 0.3) is 5.52 Å². The molecule has 0 aliphatic carbocycles. The Labute approximate surface area is 189 Å². The average Bonchev–Trinajstić information content (AvgIpc) is 2.77. The number of unbranched alkanes of at least 4 members (excludes halogenated alkanes) is 5. The van der Waals surface area contributed by atoms with Crippen LogP contribution in [0.15, 0.2) is 42.5 Å². The topological polar surface area (TPSA) is 113 Å². The highest BCUT2D eigenvalue weighted by Gasteiger charge is 2.28. The maximum Gasteiger partial charge on any atom is 0.396 e. The molecule has 3 N–H and O–H groups in total. The molecular weight excluding hydrogens is 431 g/mol. The molecule has 0 aliphatic rings. The lowest BCUT2D eigenvalue weighted by Gasteiger charge is -2.13. The van der Waals surface area contributed by atoms with Crippen molar-refractivity contribution in [2.75, 3.05) is 19.8 Å². The van der Waals surface area contributed by atoms with Gasteiger partial charge in [0.05, 0.1) is 13.2 Å². The zero-order valence-electron chi connectivity index (χ0n) is 18.5. The molecule has 32 heavy (non-hydrogen) atoms. The predicted octanol–water partition coefficient (Wildman–Crippen LogP) is 4.71. The van der Waals surface area contributed by atoms with E-state index in [2.05, 4.69) is 6.92 Å². The largest absolute Gasteiger partial charge is 0.494 e. The summed E-state index contributed by atoms with van der Waals surface area (Å²) in [6, 6.07) is 11.8. The van der Waals surface area contributed by atoms with Crippen LogP contribution < -0.4 is 9.47 Å². The Bertz CT molecular complexity index is 890. The molecule has 0 spiro atoms. The fourth-order valence-electron chi connectivity index (χ4n) is 3.31. The molecule has 2 rings (SSSR count). The third kappa shape index (κ3) is 8.75. The van der Waals surface area contributed by atoms with E-state index in [1.807, 2.05) is 24.3 Å². The first-order chi connectivity index (χ1) is 15.3. The molecule has 0 aliphatic heterocycles. The lowest BCUT2D eigenvalue weighted by atomic mass is 10.0. The van der Waals surface area contributed by atoms with Crippen LogP contribution in [-0.4, -0.2) is 40.2 Å². The molecule has 0 atom stereocenters. The van der Waals surface area contributed by atoms with Crippen LogP contribution in [0.5, 0.6) is 11.5 Å². The second-order valence-corrected chi connectivity index (χ2v) is 9.17. The van der Waals surface area contributed by atoms with Gasteiger partial charge in [-0.15, -0.1) is 0 Å². The summed E-state index contributed by atoms with van der Waals surface area (Å²) in [5, 5.41) is 9.03. The molecule has 7 nitrogen and oxygen atoms in total. The Kier molecular flexibility index (Phi) is 10.9. The van der Waals surface area contributed by atoms with Gasteiger partial charge >= 0.3 is 7.60 Å². The van der Waals surface area contributed by atoms with Crippen molar-refractivity contribution in [3.8, 4) is 11.5 Å². The van der Waals surface area contributed by atoms with Crippen LogP contribution >= 0.6 is 7.60 Å². The first kappa shape index (κ1) is 26.1. The van der Waals surface area contributed by atoms with Gasteiger partial charge in [-0.25, -0.2) is 0 Å². The van der Waals surface area contributed by atoms with Gasteiger partial charge < -0.3 is 24.4 Å². The van der Waals surface area contributed by atoms with E-state index in [1.165, 1.54) is 50.3 Å². The number of hydrogen-bond donors (Lipinski definition) is 3. The van der Waals surface area contributed by atoms with Gasteiger partial charge in [-0.05, 0) is 47.9 Å². The SMILES string of the molecule is CCCCCCCCOc1ccc(Cc2cc(C(=O)P(=O)(O)O)ccc2OCCO)cc1.